The summed E-state index contributed by atoms with van der Waals surface area (Å²) >= 11 is 0. The van der Waals surface area contributed by atoms with Gasteiger partial charge in [-0.05, 0) is 53.1 Å². The number of fused-ring (bicyclic) bond motifs is 1. The van der Waals surface area contributed by atoms with Crippen molar-refractivity contribution in [1.82, 2.24) is 0 Å². The zero-order valence-corrected chi connectivity index (χ0v) is 31.5. The average molecular weight is 871 g/mol. The van der Waals surface area contributed by atoms with Gasteiger partial charge in [-0.1, -0.05) is 6.07 Å². The molecule has 0 spiro atoms. The highest BCUT2D eigenvalue weighted by molar-refractivity contribution is 6.02. The number of esters is 2. The van der Waals surface area contributed by atoms with Gasteiger partial charge in [0.2, 0.25) is 6.29 Å². The molecule has 15 atom stereocenters. The molecule has 2 aromatic carbocycles. The highest BCUT2D eigenvalue weighted by atomic mass is 16.7. The number of ether oxygens (including phenoxy) is 4. The molecular weight excluding hydrogens is 824 g/mol. The number of aliphatic carboxylic acids is 1. The van der Waals surface area contributed by atoms with E-state index in [1.807, 2.05) is 0 Å². The lowest BCUT2D eigenvalue weighted by molar-refractivity contribution is -0.277. The summed E-state index contributed by atoms with van der Waals surface area (Å²) in [6.45, 7) is -3.07. The molecule has 1 saturated heterocycles. The third-order valence-electron chi connectivity index (χ3n) is 10.5. The van der Waals surface area contributed by atoms with Gasteiger partial charge in [-0.15, -0.1) is 0 Å². The Morgan fingerprint density at radius 1 is 0.787 bits per heavy atom. The minimum absolute atomic E-state index is 0.0636. The number of phenolic OH excluding ortho intramolecular Hbond substituents is 3. The van der Waals surface area contributed by atoms with Crippen LogP contribution in [0.25, 0.3) is 6.08 Å². The number of hydrogen-bond donors (Lipinski definition) is 16. The van der Waals surface area contributed by atoms with Gasteiger partial charge in [0.25, 0.3) is 0 Å². The zero-order valence-electron chi connectivity index (χ0n) is 31.5. The number of benzene rings is 2. The molecule has 61 heavy (non-hydrogen) atoms. The van der Waals surface area contributed by atoms with E-state index in [-0.39, 0.29) is 16.7 Å². The maximum Gasteiger partial charge on any atom is 0.335 e. The van der Waals surface area contributed by atoms with E-state index in [0.717, 1.165) is 36.4 Å². The van der Waals surface area contributed by atoms with Crippen molar-refractivity contribution in [2.24, 2.45) is 5.92 Å². The van der Waals surface area contributed by atoms with Gasteiger partial charge < -0.3 is 101 Å². The summed E-state index contributed by atoms with van der Waals surface area (Å²) in [4.78, 5) is 40.3. The molecule has 23 heteroatoms. The van der Waals surface area contributed by atoms with Crippen molar-refractivity contribution in [1.29, 1.82) is 0 Å². The Morgan fingerprint density at radius 2 is 1.46 bits per heavy atom. The molecule has 2 aromatic rings. The minimum atomic E-state index is -2.31. The summed E-state index contributed by atoms with van der Waals surface area (Å²) in [6, 6.07) is 5.18. The van der Waals surface area contributed by atoms with Crippen molar-refractivity contribution in [2.45, 2.75) is 91.9 Å². The first-order valence-electron chi connectivity index (χ1n) is 18.5. The summed E-state index contributed by atoms with van der Waals surface area (Å²) in [5.41, 5.74) is -1.39. The number of carboxylic acid groups (broad SMARTS) is 1. The molecule has 336 valence electrons. The van der Waals surface area contributed by atoms with Crippen LogP contribution in [0.4, 0.5) is 0 Å². The van der Waals surface area contributed by atoms with Crippen molar-refractivity contribution >= 4 is 24.0 Å². The third-order valence-corrected chi connectivity index (χ3v) is 10.5. The average Bonchev–Trinajstić information content (AvgIpc) is 3.23. The number of rotatable bonds is 15. The standard InChI is InChI=1S/C38H46O23/c39-9-21(45)29(48)32(51)30(49)22(46)11-58-36(56)16-3-13-5-19(43)23(60-38-34(53)33(52)31(50)25(10-40)61-38)8-15(13)26(12-1-2-17(41)18(42)4-12)27(16)37(57)59-24-7-14(35(54)55)6-20(44)28(24)47/h1-6,8,20-22,24-34,38-53H,7,9-11H2,(H,54,55)/t20-,21+,22-,24-,25-,26-,27-,28-,29+,30-,31-,32+,33+,34-,38-/m1/s1. The van der Waals surface area contributed by atoms with Gasteiger partial charge in [-0.25, -0.2) is 9.59 Å². The first-order chi connectivity index (χ1) is 28.7. The number of carbonyl (C=O) groups is 3. The van der Waals surface area contributed by atoms with E-state index in [1.165, 1.54) is 6.07 Å². The van der Waals surface area contributed by atoms with Crippen molar-refractivity contribution in [2.75, 3.05) is 19.8 Å². The molecule has 0 radical (unpaired) electrons. The van der Waals surface area contributed by atoms with Crippen molar-refractivity contribution in [3.8, 4) is 23.0 Å². The van der Waals surface area contributed by atoms with Crippen LogP contribution in [-0.2, 0) is 28.6 Å². The lowest BCUT2D eigenvalue weighted by Crippen LogP contribution is -2.60. The molecule has 3 aliphatic rings. The third kappa shape index (κ3) is 9.89. The minimum Gasteiger partial charge on any atom is -0.504 e. The molecule has 0 aromatic heterocycles. The second-order valence-electron chi connectivity index (χ2n) is 14.6. The number of aromatic hydroxyl groups is 3. The molecule has 0 amide bonds. The van der Waals surface area contributed by atoms with Crippen LogP contribution in [0, 0.1) is 5.92 Å². The summed E-state index contributed by atoms with van der Waals surface area (Å²) in [6.07, 6.45) is -24.3. The van der Waals surface area contributed by atoms with Crippen LogP contribution in [0.1, 0.15) is 29.0 Å². The maximum atomic E-state index is 14.5. The van der Waals surface area contributed by atoms with Crippen molar-refractivity contribution in [3.05, 3.63) is 64.2 Å². The van der Waals surface area contributed by atoms with Crippen LogP contribution in [0.3, 0.4) is 0 Å². The smallest absolute Gasteiger partial charge is 0.335 e. The second-order valence-corrected chi connectivity index (χ2v) is 14.6. The van der Waals surface area contributed by atoms with E-state index in [0.29, 0.717) is 0 Å². The van der Waals surface area contributed by atoms with Gasteiger partial charge in [0.1, 0.15) is 79.9 Å². The lowest BCUT2D eigenvalue weighted by Gasteiger charge is -2.40. The Hall–Kier alpha value is -4.99. The van der Waals surface area contributed by atoms with E-state index in [2.05, 4.69) is 0 Å². The van der Waals surface area contributed by atoms with Gasteiger partial charge in [-0.3, -0.25) is 4.79 Å². The normalized spacial score (nSPS) is 30.0. The highest BCUT2D eigenvalue weighted by Crippen LogP contribution is 2.49. The molecule has 0 saturated carbocycles. The maximum absolute atomic E-state index is 14.5. The first kappa shape index (κ1) is 47.1. The molecule has 2 aliphatic carbocycles. The van der Waals surface area contributed by atoms with Crippen LogP contribution in [-0.4, -0.2) is 199 Å². The van der Waals surface area contributed by atoms with E-state index < -0.39 is 170 Å². The summed E-state index contributed by atoms with van der Waals surface area (Å²) in [7, 11) is 0. The predicted molar refractivity (Wildman–Crippen MR) is 196 cm³/mol. The van der Waals surface area contributed by atoms with Gasteiger partial charge in [0, 0.05) is 17.9 Å². The highest BCUT2D eigenvalue weighted by Gasteiger charge is 2.48. The van der Waals surface area contributed by atoms with Crippen LogP contribution >= 0.6 is 0 Å². The summed E-state index contributed by atoms with van der Waals surface area (Å²) < 4.78 is 21.8. The van der Waals surface area contributed by atoms with Crippen molar-refractivity contribution < 1.29 is 115 Å². The van der Waals surface area contributed by atoms with E-state index >= 15 is 0 Å². The Morgan fingerprint density at radius 3 is 2.08 bits per heavy atom. The van der Waals surface area contributed by atoms with E-state index in [9.17, 15) is 91.0 Å². The van der Waals surface area contributed by atoms with Gasteiger partial charge in [0.05, 0.1) is 24.7 Å². The SMILES string of the molecule is O=C(O)C1=C[C@@H](O)[C@@H](O)[C@H](OC(=O)[C@@H]2C(C(=O)OC[C@@H](O)[C@@H](O)[C@@H](O)[C@@H](O)[C@@H](O)CO)=Cc3cc(O)c(O[C@@H]4O[C@H](CO)[C@@H](O)[C@H](O)[C@H]4O)cc3[C@H]2c2ccc(O)c(O)c2)C1. The number of carbonyl (C=O) groups excluding carboxylic acids is 2. The second kappa shape index (κ2) is 19.4. The first-order valence-corrected chi connectivity index (χ1v) is 18.5. The number of carboxylic acids is 1. The van der Waals surface area contributed by atoms with Gasteiger partial charge in [-0.2, -0.15) is 0 Å². The Balaban J connectivity index is 1.61. The molecule has 23 nitrogen and oxygen atoms in total. The van der Waals surface area contributed by atoms with Crippen LogP contribution < -0.4 is 4.74 Å². The fourth-order valence-corrected chi connectivity index (χ4v) is 7.08. The monoisotopic (exact) mass is 870 g/mol. The fraction of sp³-hybridized carbons (Fsp3) is 0.500. The zero-order chi connectivity index (χ0) is 45.2. The number of aliphatic hydroxyl groups is 12. The summed E-state index contributed by atoms with van der Waals surface area (Å²) in [5.74, 6) is -10.7. The number of hydrogen-bond acceptors (Lipinski definition) is 22. The molecule has 16 N–H and O–H groups in total. The quantitative estimate of drug-likeness (QED) is 0.0586. The lowest BCUT2D eigenvalue weighted by atomic mass is 9.71. The van der Waals surface area contributed by atoms with Crippen molar-refractivity contribution in [3.63, 3.8) is 0 Å². The summed E-state index contributed by atoms with van der Waals surface area (Å²) in [5, 5.41) is 163. The number of phenols is 3. The van der Waals surface area contributed by atoms with Crippen LogP contribution in [0.2, 0.25) is 0 Å². The molecule has 0 unspecified atom stereocenters. The Bertz CT molecular complexity index is 1980. The molecule has 5 rings (SSSR count). The topological polar surface area (TPSA) is 412 Å². The van der Waals surface area contributed by atoms with Gasteiger partial charge in [0.15, 0.2) is 23.0 Å². The molecule has 0 bridgehead atoms. The molecule has 1 heterocycles. The van der Waals surface area contributed by atoms with E-state index in [1.54, 1.807) is 0 Å². The molecule has 1 fully saturated rings. The Kier molecular flexibility index (Phi) is 14.9. The van der Waals surface area contributed by atoms with E-state index in [4.69, 9.17) is 24.1 Å². The fourth-order valence-electron chi connectivity index (χ4n) is 7.08. The Labute approximate surface area is 343 Å². The largest absolute Gasteiger partial charge is 0.504 e. The number of aliphatic hydroxyl groups excluding tert-OH is 12. The molecule has 1 aliphatic heterocycles. The van der Waals surface area contributed by atoms with Crippen LogP contribution in [0.5, 0.6) is 23.0 Å². The van der Waals surface area contributed by atoms with Gasteiger partial charge >= 0.3 is 17.9 Å². The molecular formula is C38H46O23. The van der Waals surface area contributed by atoms with Crippen LogP contribution in [0.15, 0.2) is 47.6 Å². The predicted octanol–water partition coefficient (Wildman–Crippen LogP) is -5.48.